The largest absolute Gasteiger partial charge is 0.222 e. The average molecular weight is 247 g/mol. The maximum atomic E-state index is 12.9. The zero-order valence-corrected chi connectivity index (χ0v) is 8.54. The average Bonchev–Trinajstić information content (AvgIpc) is 2.30. The summed E-state index contributed by atoms with van der Waals surface area (Å²) in [6, 6.07) is 1.44. The molecule has 0 unspecified atom stereocenters. The SMILES string of the molecule is Cc1nc2nc(Br)c(F)cc2s1. The number of rotatable bonds is 0. The van der Waals surface area contributed by atoms with Crippen LogP contribution in [0.4, 0.5) is 4.39 Å². The van der Waals surface area contributed by atoms with Crippen molar-refractivity contribution in [3.8, 4) is 0 Å². The van der Waals surface area contributed by atoms with E-state index in [1.807, 2.05) is 6.92 Å². The fourth-order valence-corrected chi connectivity index (χ4v) is 2.00. The molecule has 0 aliphatic carbocycles. The summed E-state index contributed by atoms with van der Waals surface area (Å²) in [6.07, 6.45) is 0. The molecular formula is C7H4BrFN2S. The third-order valence-electron chi connectivity index (χ3n) is 1.40. The fraction of sp³-hybridized carbons (Fsp3) is 0.143. The third kappa shape index (κ3) is 1.23. The van der Waals surface area contributed by atoms with Gasteiger partial charge in [0.25, 0.3) is 0 Å². The third-order valence-corrected chi connectivity index (χ3v) is 2.86. The molecule has 0 aromatic carbocycles. The molecule has 0 saturated heterocycles. The summed E-state index contributed by atoms with van der Waals surface area (Å²) in [7, 11) is 0. The van der Waals surface area contributed by atoms with Gasteiger partial charge in [0, 0.05) is 0 Å². The Balaban J connectivity index is 2.83. The molecule has 2 rings (SSSR count). The number of fused-ring (bicyclic) bond motifs is 1. The van der Waals surface area contributed by atoms with E-state index in [0.29, 0.717) is 5.65 Å². The topological polar surface area (TPSA) is 25.8 Å². The van der Waals surface area contributed by atoms with Gasteiger partial charge in [0.05, 0.1) is 9.71 Å². The number of aromatic nitrogens is 2. The maximum Gasteiger partial charge on any atom is 0.171 e. The van der Waals surface area contributed by atoms with E-state index in [0.717, 1.165) is 9.71 Å². The van der Waals surface area contributed by atoms with Crippen molar-refractivity contribution in [2.75, 3.05) is 0 Å². The van der Waals surface area contributed by atoms with Gasteiger partial charge in [0.2, 0.25) is 0 Å². The van der Waals surface area contributed by atoms with Crippen LogP contribution in [0.3, 0.4) is 0 Å². The lowest BCUT2D eigenvalue weighted by Gasteiger charge is -1.90. The summed E-state index contributed by atoms with van der Waals surface area (Å²) in [6.45, 7) is 1.87. The first kappa shape index (κ1) is 8.07. The molecule has 2 aromatic rings. The number of hydrogen-bond donors (Lipinski definition) is 0. The number of thiazole rings is 1. The Labute approximate surface area is 80.6 Å². The molecule has 0 N–H and O–H groups in total. The first-order valence-corrected chi connectivity index (χ1v) is 4.87. The zero-order chi connectivity index (χ0) is 8.72. The second-order valence-electron chi connectivity index (χ2n) is 2.32. The molecule has 5 heteroatoms. The van der Waals surface area contributed by atoms with E-state index in [4.69, 9.17) is 0 Å². The molecule has 62 valence electrons. The molecule has 0 aliphatic rings. The second-order valence-corrected chi connectivity index (χ2v) is 4.30. The van der Waals surface area contributed by atoms with E-state index in [9.17, 15) is 4.39 Å². The van der Waals surface area contributed by atoms with Crippen molar-refractivity contribution in [3.05, 3.63) is 21.5 Å². The van der Waals surface area contributed by atoms with Gasteiger partial charge in [-0.05, 0) is 28.9 Å². The quantitative estimate of drug-likeness (QED) is 0.669. The van der Waals surface area contributed by atoms with Crippen LogP contribution in [0.25, 0.3) is 10.3 Å². The van der Waals surface area contributed by atoms with E-state index in [2.05, 4.69) is 25.9 Å². The predicted molar refractivity (Wildman–Crippen MR) is 49.8 cm³/mol. The van der Waals surface area contributed by atoms with Crippen molar-refractivity contribution in [1.82, 2.24) is 9.97 Å². The first-order chi connectivity index (χ1) is 5.66. The zero-order valence-electron chi connectivity index (χ0n) is 6.14. The molecule has 0 radical (unpaired) electrons. The Morgan fingerprint density at radius 2 is 2.25 bits per heavy atom. The molecule has 0 aliphatic heterocycles. The van der Waals surface area contributed by atoms with E-state index in [-0.39, 0.29) is 10.4 Å². The number of halogens is 2. The molecule has 2 nitrogen and oxygen atoms in total. The summed E-state index contributed by atoms with van der Waals surface area (Å²) in [4.78, 5) is 8.06. The van der Waals surface area contributed by atoms with Crippen molar-refractivity contribution in [2.45, 2.75) is 6.92 Å². The standard InChI is InChI=1S/C7H4BrFN2S/c1-3-10-7-5(12-3)2-4(9)6(8)11-7/h2H,1H3. The smallest absolute Gasteiger partial charge is 0.171 e. The molecule has 0 fully saturated rings. The van der Waals surface area contributed by atoms with Crippen LogP contribution >= 0.6 is 27.3 Å². The van der Waals surface area contributed by atoms with Gasteiger partial charge in [0.1, 0.15) is 4.60 Å². The summed E-state index contributed by atoms with van der Waals surface area (Å²) in [5.74, 6) is -0.342. The summed E-state index contributed by atoms with van der Waals surface area (Å²) in [5.41, 5.74) is 0.603. The van der Waals surface area contributed by atoms with E-state index in [1.165, 1.54) is 17.4 Å². The Morgan fingerprint density at radius 1 is 1.50 bits per heavy atom. The number of nitrogens with zero attached hydrogens (tertiary/aromatic N) is 2. The molecule has 12 heavy (non-hydrogen) atoms. The number of pyridine rings is 1. The monoisotopic (exact) mass is 246 g/mol. The van der Waals surface area contributed by atoms with Crippen LogP contribution in [0.5, 0.6) is 0 Å². The molecule has 0 atom stereocenters. The van der Waals surface area contributed by atoms with E-state index < -0.39 is 0 Å². The lowest BCUT2D eigenvalue weighted by Crippen LogP contribution is -1.83. The van der Waals surface area contributed by atoms with Crippen molar-refractivity contribution in [2.24, 2.45) is 0 Å². The molecule has 2 aromatic heterocycles. The van der Waals surface area contributed by atoms with Gasteiger partial charge in [-0.2, -0.15) is 0 Å². The highest BCUT2D eigenvalue weighted by Crippen LogP contribution is 2.23. The molecule has 0 amide bonds. The molecule has 2 heterocycles. The summed E-state index contributed by atoms with van der Waals surface area (Å²) >= 11 is 4.44. The summed E-state index contributed by atoms with van der Waals surface area (Å²) in [5, 5.41) is 0.898. The molecule has 0 bridgehead atoms. The van der Waals surface area contributed by atoms with Gasteiger partial charge in [-0.3, -0.25) is 0 Å². The van der Waals surface area contributed by atoms with Crippen molar-refractivity contribution in [3.63, 3.8) is 0 Å². The molecule has 0 spiro atoms. The van der Waals surface area contributed by atoms with E-state index in [1.54, 1.807) is 0 Å². The van der Waals surface area contributed by atoms with Gasteiger partial charge in [-0.25, -0.2) is 14.4 Å². The van der Waals surface area contributed by atoms with Gasteiger partial charge >= 0.3 is 0 Å². The van der Waals surface area contributed by atoms with Gasteiger partial charge in [0.15, 0.2) is 11.5 Å². The van der Waals surface area contributed by atoms with Crippen LogP contribution in [0.15, 0.2) is 10.7 Å². The Morgan fingerprint density at radius 3 is 3.00 bits per heavy atom. The molecular weight excluding hydrogens is 243 g/mol. The first-order valence-electron chi connectivity index (χ1n) is 3.26. The van der Waals surface area contributed by atoms with Crippen LogP contribution in [-0.4, -0.2) is 9.97 Å². The highest BCUT2D eigenvalue weighted by molar-refractivity contribution is 9.10. The predicted octanol–water partition coefficient (Wildman–Crippen LogP) is 2.90. The minimum Gasteiger partial charge on any atom is -0.222 e. The lowest BCUT2D eigenvalue weighted by atomic mass is 10.5. The Bertz CT molecular complexity index is 401. The van der Waals surface area contributed by atoms with E-state index >= 15 is 0 Å². The normalized spacial score (nSPS) is 10.9. The van der Waals surface area contributed by atoms with Crippen LogP contribution in [0.1, 0.15) is 5.01 Å². The van der Waals surface area contributed by atoms with Crippen LogP contribution in [0, 0.1) is 12.7 Å². The van der Waals surface area contributed by atoms with Gasteiger partial charge in [-0.1, -0.05) is 0 Å². The van der Waals surface area contributed by atoms with Crippen molar-refractivity contribution < 1.29 is 4.39 Å². The minimum atomic E-state index is -0.342. The number of aryl methyl sites for hydroxylation is 1. The Kier molecular flexibility index (Phi) is 1.84. The highest BCUT2D eigenvalue weighted by atomic mass is 79.9. The number of hydrogen-bond acceptors (Lipinski definition) is 3. The van der Waals surface area contributed by atoms with Crippen LogP contribution in [0.2, 0.25) is 0 Å². The van der Waals surface area contributed by atoms with Crippen LogP contribution < -0.4 is 0 Å². The fourth-order valence-electron chi connectivity index (χ4n) is 0.927. The van der Waals surface area contributed by atoms with Crippen molar-refractivity contribution in [1.29, 1.82) is 0 Å². The summed E-state index contributed by atoms with van der Waals surface area (Å²) < 4.78 is 13.9. The Hall–Kier alpha value is -0.550. The highest BCUT2D eigenvalue weighted by Gasteiger charge is 2.06. The van der Waals surface area contributed by atoms with Crippen molar-refractivity contribution >= 4 is 37.6 Å². The maximum absolute atomic E-state index is 12.9. The lowest BCUT2D eigenvalue weighted by molar-refractivity contribution is 0.616. The minimum absolute atomic E-state index is 0.223. The van der Waals surface area contributed by atoms with Gasteiger partial charge in [-0.15, -0.1) is 11.3 Å². The van der Waals surface area contributed by atoms with Crippen LogP contribution in [-0.2, 0) is 0 Å². The van der Waals surface area contributed by atoms with Gasteiger partial charge < -0.3 is 0 Å². The second kappa shape index (κ2) is 2.74. The molecule has 0 saturated carbocycles.